The van der Waals surface area contributed by atoms with Gasteiger partial charge in [0.25, 0.3) is 0 Å². The Morgan fingerprint density at radius 3 is 2.75 bits per heavy atom. The van der Waals surface area contributed by atoms with Gasteiger partial charge in [0.05, 0.1) is 38.6 Å². The number of aromatic nitrogens is 2. The number of carbonyl (C=O) groups excluding carboxylic acids is 1. The number of nitrogens with one attached hydrogen (secondary N) is 1. The van der Waals surface area contributed by atoms with Gasteiger partial charge in [-0.1, -0.05) is 0 Å². The highest BCUT2D eigenvalue weighted by molar-refractivity contribution is 5.79. The van der Waals surface area contributed by atoms with E-state index in [0.717, 1.165) is 0 Å². The summed E-state index contributed by atoms with van der Waals surface area (Å²) in [7, 11) is 1.56. The molecule has 8 heteroatoms. The smallest absolute Gasteiger partial charge is 0.225 e. The molecule has 1 atom stereocenters. The van der Waals surface area contributed by atoms with Crippen LogP contribution >= 0.6 is 0 Å². The number of halogens is 1. The number of amides is 1. The topological polar surface area (TPSA) is 76.6 Å². The van der Waals surface area contributed by atoms with Crippen molar-refractivity contribution in [3.05, 3.63) is 12.4 Å². The first-order valence-electron chi connectivity index (χ1n) is 8.25. The third-order valence-electron chi connectivity index (χ3n) is 4.67. The molecule has 1 unspecified atom stereocenters. The second-order valence-electron chi connectivity index (χ2n) is 6.34. The second kappa shape index (κ2) is 7.29. The minimum absolute atomic E-state index is 0.0552. The van der Waals surface area contributed by atoms with Gasteiger partial charge < -0.3 is 19.7 Å². The fraction of sp³-hybridized carbons (Fsp3) is 0.688. The van der Waals surface area contributed by atoms with E-state index in [-0.39, 0.29) is 18.4 Å². The molecule has 0 spiro atoms. The summed E-state index contributed by atoms with van der Waals surface area (Å²) in [6.07, 6.45) is 4.59. The SMILES string of the molecule is COc1cnc(N2CCC(F)(CNC(=O)C3CCOC3)CC2)nc1. The summed E-state index contributed by atoms with van der Waals surface area (Å²) in [5.74, 6) is 0.922. The summed E-state index contributed by atoms with van der Waals surface area (Å²) >= 11 is 0. The molecule has 2 aliphatic rings. The number of methoxy groups -OCH3 is 1. The van der Waals surface area contributed by atoms with Gasteiger partial charge >= 0.3 is 0 Å². The molecule has 132 valence electrons. The van der Waals surface area contributed by atoms with Crippen LogP contribution in [0.2, 0.25) is 0 Å². The molecule has 2 fully saturated rings. The Morgan fingerprint density at radius 1 is 1.46 bits per heavy atom. The van der Waals surface area contributed by atoms with Gasteiger partial charge in [-0.3, -0.25) is 4.79 Å². The third kappa shape index (κ3) is 3.92. The van der Waals surface area contributed by atoms with E-state index in [1.54, 1.807) is 19.5 Å². The molecule has 1 aromatic rings. The van der Waals surface area contributed by atoms with Crippen molar-refractivity contribution < 1.29 is 18.7 Å². The van der Waals surface area contributed by atoms with Gasteiger partial charge in [0.1, 0.15) is 5.67 Å². The number of nitrogens with zero attached hydrogens (tertiary/aromatic N) is 3. The standard InChI is InChI=1S/C16H23FN4O3/c1-23-13-8-18-15(19-9-13)21-5-3-16(17,4-6-21)11-20-14(22)12-2-7-24-10-12/h8-9,12H,2-7,10-11H2,1H3,(H,20,22). The summed E-state index contributed by atoms with van der Waals surface area (Å²) in [5.41, 5.74) is -1.38. The maximum Gasteiger partial charge on any atom is 0.225 e. The molecule has 1 N–H and O–H groups in total. The van der Waals surface area contributed by atoms with Crippen LogP contribution in [0.3, 0.4) is 0 Å². The first-order chi connectivity index (χ1) is 11.6. The van der Waals surface area contributed by atoms with Gasteiger partial charge in [0.2, 0.25) is 11.9 Å². The quantitative estimate of drug-likeness (QED) is 0.861. The first-order valence-corrected chi connectivity index (χ1v) is 8.25. The molecule has 0 aromatic carbocycles. The number of hydrogen-bond donors (Lipinski definition) is 1. The van der Waals surface area contributed by atoms with E-state index < -0.39 is 5.67 Å². The van der Waals surface area contributed by atoms with Crippen molar-refractivity contribution in [3.63, 3.8) is 0 Å². The van der Waals surface area contributed by atoms with Gasteiger partial charge in [0, 0.05) is 32.5 Å². The Hall–Kier alpha value is -1.96. The van der Waals surface area contributed by atoms with Crippen LogP contribution in [-0.2, 0) is 9.53 Å². The molecule has 2 saturated heterocycles. The molecular formula is C16H23FN4O3. The summed E-state index contributed by atoms with van der Waals surface area (Å²) in [5, 5.41) is 2.74. The zero-order valence-corrected chi connectivity index (χ0v) is 13.8. The number of carbonyl (C=O) groups is 1. The van der Waals surface area contributed by atoms with Crippen LogP contribution in [-0.4, -0.2) is 61.5 Å². The summed E-state index contributed by atoms with van der Waals surface area (Å²) in [6.45, 7) is 2.14. The third-order valence-corrected chi connectivity index (χ3v) is 4.67. The normalized spacial score (nSPS) is 23.1. The predicted octanol–water partition coefficient (Wildman–Crippen LogP) is 0.946. The van der Waals surface area contributed by atoms with Crippen molar-refractivity contribution in [2.75, 3.05) is 44.9 Å². The van der Waals surface area contributed by atoms with Crippen LogP contribution in [0.1, 0.15) is 19.3 Å². The summed E-state index contributed by atoms with van der Waals surface area (Å²) in [4.78, 5) is 22.4. The maximum atomic E-state index is 14.9. The average molecular weight is 338 g/mol. The largest absolute Gasteiger partial charge is 0.494 e. The lowest BCUT2D eigenvalue weighted by atomic mass is 9.93. The maximum absolute atomic E-state index is 14.9. The molecule has 0 radical (unpaired) electrons. The van der Waals surface area contributed by atoms with Crippen molar-refractivity contribution in [1.29, 1.82) is 0 Å². The Labute approximate surface area is 140 Å². The number of piperidine rings is 1. The Kier molecular flexibility index (Phi) is 5.13. The van der Waals surface area contributed by atoms with Gasteiger partial charge in [-0.2, -0.15) is 0 Å². The predicted molar refractivity (Wildman–Crippen MR) is 85.8 cm³/mol. The molecule has 3 rings (SSSR count). The van der Waals surface area contributed by atoms with Crippen LogP contribution in [0.25, 0.3) is 0 Å². The highest BCUT2D eigenvalue weighted by atomic mass is 19.1. The summed E-state index contributed by atoms with van der Waals surface area (Å²) < 4.78 is 25.1. The zero-order chi connectivity index (χ0) is 17.0. The van der Waals surface area contributed by atoms with Crippen LogP contribution in [0.15, 0.2) is 12.4 Å². The van der Waals surface area contributed by atoms with E-state index in [1.165, 1.54) is 0 Å². The van der Waals surface area contributed by atoms with E-state index in [0.29, 0.717) is 57.3 Å². The van der Waals surface area contributed by atoms with Crippen molar-refractivity contribution in [1.82, 2.24) is 15.3 Å². The van der Waals surface area contributed by atoms with Gasteiger partial charge in [-0.15, -0.1) is 0 Å². The van der Waals surface area contributed by atoms with E-state index in [2.05, 4.69) is 15.3 Å². The van der Waals surface area contributed by atoms with E-state index in [4.69, 9.17) is 9.47 Å². The number of rotatable bonds is 5. The molecule has 3 heterocycles. The summed E-state index contributed by atoms with van der Waals surface area (Å²) in [6, 6.07) is 0. The average Bonchev–Trinajstić information content (AvgIpc) is 3.15. The molecular weight excluding hydrogens is 315 g/mol. The van der Waals surface area contributed by atoms with E-state index >= 15 is 0 Å². The molecule has 24 heavy (non-hydrogen) atoms. The van der Waals surface area contributed by atoms with Gasteiger partial charge in [0.15, 0.2) is 5.75 Å². The number of alkyl halides is 1. The molecule has 1 aromatic heterocycles. The lowest BCUT2D eigenvalue weighted by Crippen LogP contribution is -2.49. The monoisotopic (exact) mass is 338 g/mol. The lowest BCUT2D eigenvalue weighted by molar-refractivity contribution is -0.125. The number of anilines is 1. The highest BCUT2D eigenvalue weighted by Crippen LogP contribution is 2.28. The van der Waals surface area contributed by atoms with Crippen molar-refractivity contribution in [2.45, 2.75) is 24.9 Å². The van der Waals surface area contributed by atoms with Crippen LogP contribution in [0.4, 0.5) is 10.3 Å². The minimum atomic E-state index is -1.38. The Morgan fingerprint density at radius 2 is 2.17 bits per heavy atom. The number of ether oxygens (including phenoxy) is 2. The molecule has 0 saturated carbocycles. The van der Waals surface area contributed by atoms with Crippen molar-refractivity contribution >= 4 is 11.9 Å². The first kappa shape index (κ1) is 16.9. The van der Waals surface area contributed by atoms with E-state index in [9.17, 15) is 9.18 Å². The highest BCUT2D eigenvalue weighted by Gasteiger charge is 2.36. The van der Waals surface area contributed by atoms with Crippen LogP contribution < -0.4 is 15.0 Å². The number of hydrogen-bond acceptors (Lipinski definition) is 6. The Bertz CT molecular complexity index is 555. The van der Waals surface area contributed by atoms with E-state index in [1.807, 2.05) is 4.90 Å². The second-order valence-corrected chi connectivity index (χ2v) is 6.34. The van der Waals surface area contributed by atoms with Crippen LogP contribution in [0.5, 0.6) is 5.75 Å². The van der Waals surface area contributed by atoms with Gasteiger partial charge in [-0.25, -0.2) is 14.4 Å². The fourth-order valence-electron chi connectivity index (χ4n) is 2.99. The van der Waals surface area contributed by atoms with Crippen molar-refractivity contribution in [2.24, 2.45) is 5.92 Å². The fourth-order valence-corrected chi connectivity index (χ4v) is 2.99. The van der Waals surface area contributed by atoms with Gasteiger partial charge in [-0.05, 0) is 6.42 Å². The molecule has 7 nitrogen and oxygen atoms in total. The molecule has 2 aliphatic heterocycles. The zero-order valence-electron chi connectivity index (χ0n) is 13.8. The van der Waals surface area contributed by atoms with Crippen molar-refractivity contribution in [3.8, 4) is 5.75 Å². The lowest BCUT2D eigenvalue weighted by Gasteiger charge is -2.36. The Balaban J connectivity index is 1.48. The van der Waals surface area contributed by atoms with Crippen LogP contribution in [0, 0.1) is 5.92 Å². The molecule has 0 aliphatic carbocycles. The minimum Gasteiger partial charge on any atom is -0.494 e. The molecule has 0 bridgehead atoms. The molecule has 1 amide bonds.